The Morgan fingerprint density at radius 2 is 2.15 bits per heavy atom. The number of aliphatic imine (C=N–C) groups is 2. The molecule has 1 aliphatic carbocycles. The number of amidine groups is 1. The molecule has 2 amide bonds. The third-order valence-corrected chi connectivity index (χ3v) is 3.86. The standard InChI is InChI=1S/C19H19N3O4/c1-3-26-14-7-8-16-15(10-14)18(23)22-17(21-16)19(24)20-11-12-5-4-6-13(9-12)25-2/h4-10,14H,3,11H2,1-2H3,(H,20,24). The van der Waals surface area contributed by atoms with Crippen LogP contribution in [-0.2, 0) is 20.9 Å². The second kappa shape index (κ2) is 7.88. The van der Waals surface area contributed by atoms with Gasteiger partial charge in [0.25, 0.3) is 11.8 Å². The van der Waals surface area contributed by atoms with Gasteiger partial charge >= 0.3 is 0 Å². The largest absolute Gasteiger partial charge is 0.497 e. The van der Waals surface area contributed by atoms with E-state index in [1.54, 1.807) is 25.3 Å². The highest BCUT2D eigenvalue weighted by Crippen LogP contribution is 2.18. The zero-order valence-corrected chi connectivity index (χ0v) is 14.6. The monoisotopic (exact) mass is 353 g/mol. The van der Waals surface area contributed by atoms with Gasteiger partial charge in [-0.1, -0.05) is 12.1 Å². The molecule has 1 aromatic rings. The molecule has 1 N–H and O–H groups in total. The molecule has 0 fully saturated rings. The van der Waals surface area contributed by atoms with Gasteiger partial charge in [0, 0.05) is 13.2 Å². The summed E-state index contributed by atoms with van der Waals surface area (Å²) < 4.78 is 10.6. The Bertz CT molecular complexity index is 852. The number of allylic oxidation sites excluding steroid dienone is 1. The summed E-state index contributed by atoms with van der Waals surface area (Å²) in [6.07, 6.45) is 4.85. The van der Waals surface area contributed by atoms with Gasteiger partial charge in [-0.25, -0.2) is 4.99 Å². The first-order valence-electron chi connectivity index (χ1n) is 8.25. The summed E-state index contributed by atoms with van der Waals surface area (Å²) in [5.41, 5.74) is 1.65. The van der Waals surface area contributed by atoms with Gasteiger partial charge in [-0.2, -0.15) is 4.99 Å². The van der Waals surface area contributed by atoms with E-state index in [1.807, 2.05) is 31.2 Å². The third-order valence-electron chi connectivity index (χ3n) is 3.86. The second-order valence-electron chi connectivity index (χ2n) is 5.63. The lowest BCUT2D eigenvalue weighted by molar-refractivity contribution is -0.117. The van der Waals surface area contributed by atoms with Crippen LogP contribution in [0, 0.1) is 0 Å². The number of nitrogens with zero attached hydrogens (tertiary/aromatic N) is 2. The average molecular weight is 353 g/mol. The summed E-state index contributed by atoms with van der Waals surface area (Å²) in [7, 11) is 1.58. The van der Waals surface area contributed by atoms with E-state index in [4.69, 9.17) is 9.47 Å². The van der Waals surface area contributed by atoms with Crippen molar-refractivity contribution in [1.82, 2.24) is 5.32 Å². The topological polar surface area (TPSA) is 89.3 Å². The Hall–Kier alpha value is -3.06. The molecule has 1 aliphatic heterocycles. The van der Waals surface area contributed by atoms with E-state index in [-0.39, 0.29) is 18.5 Å². The van der Waals surface area contributed by atoms with Crippen molar-refractivity contribution in [3.63, 3.8) is 0 Å². The molecular weight excluding hydrogens is 334 g/mol. The molecule has 7 nitrogen and oxygen atoms in total. The minimum Gasteiger partial charge on any atom is -0.497 e. The predicted molar refractivity (Wildman–Crippen MR) is 97.4 cm³/mol. The van der Waals surface area contributed by atoms with Gasteiger partial charge in [0.1, 0.15) is 5.75 Å². The van der Waals surface area contributed by atoms with Crippen LogP contribution >= 0.6 is 0 Å². The molecule has 0 spiro atoms. The highest BCUT2D eigenvalue weighted by Gasteiger charge is 2.27. The number of fused-ring (bicyclic) bond motifs is 1. The van der Waals surface area contributed by atoms with Crippen molar-refractivity contribution in [2.24, 2.45) is 9.98 Å². The van der Waals surface area contributed by atoms with Crippen molar-refractivity contribution in [3.8, 4) is 5.75 Å². The van der Waals surface area contributed by atoms with Crippen LogP contribution in [-0.4, -0.2) is 43.2 Å². The number of benzene rings is 1. The average Bonchev–Trinajstić information content (AvgIpc) is 2.66. The summed E-state index contributed by atoms with van der Waals surface area (Å²) in [6.45, 7) is 2.68. The van der Waals surface area contributed by atoms with Crippen LogP contribution < -0.4 is 10.1 Å². The van der Waals surface area contributed by atoms with Gasteiger partial charge in [0.2, 0.25) is 5.84 Å². The van der Waals surface area contributed by atoms with E-state index >= 15 is 0 Å². The van der Waals surface area contributed by atoms with Crippen LogP contribution in [0.25, 0.3) is 0 Å². The van der Waals surface area contributed by atoms with E-state index in [9.17, 15) is 9.59 Å². The first kappa shape index (κ1) is 17.8. The number of hydrogen-bond acceptors (Lipinski definition) is 5. The normalized spacial score (nSPS) is 18.5. The quantitative estimate of drug-likeness (QED) is 0.841. The van der Waals surface area contributed by atoms with Gasteiger partial charge in [-0.3, -0.25) is 9.59 Å². The maximum Gasteiger partial charge on any atom is 0.289 e. The van der Waals surface area contributed by atoms with Gasteiger partial charge in [-0.05, 0) is 42.8 Å². The smallest absolute Gasteiger partial charge is 0.289 e. The lowest BCUT2D eigenvalue weighted by atomic mass is 10.00. The minimum atomic E-state index is -0.506. The first-order valence-corrected chi connectivity index (χ1v) is 8.25. The van der Waals surface area contributed by atoms with Crippen molar-refractivity contribution in [2.75, 3.05) is 13.7 Å². The molecule has 7 heteroatoms. The Kier molecular flexibility index (Phi) is 5.38. The highest BCUT2D eigenvalue weighted by atomic mass is 16.5. The molecule has 1 heterocycles. The number of hydrogen-bond donors (Lipinski definition) is 1. The molecule has 0 aromatic heterocycles. The molecule has 0 bridgehead atoms. The molecule has 0 saturated carbocycles. The molecule has 0 radical (unpaired) electrons. The molecular formula is C19H19N3O4. The van der Waals surface area contributed by atoms with E-state index < -0.39 is 11.8 Å². The molecule has 134 valence electrons. The van der Waals surface area contributed by atoms with E-state index in [2.05, 4.69) is 15.3 Å². The maximum absolute atomic E-state index is 12.3. The lowest BCUT2D eigenvalue weighted by Gasteiger charge is -2.18. The summed E-state index contributed by atoms with van der Waals surface area (Å²) in [4.78, 5) is 32.5. The number of ether oxygens (including phenoxy) is 2. The summed E-state index contributed by atoms with van der Waals surface area (Å²) >= 11 is 0. The third kappa shape index (κ3) is 3.94. The highest BCUT2D eigenvalue weighted by molar-refractivity contribution is 6.47. The van der Waals surface area contributed by atoms with E-state index in [0.29, 0.717) is 23.6 Å². The van der Waals surface area contributed by atoms with Gasteiger partial charge in [-0.15, -0.1) is 0 Å². The minimum absolute atomic E-state index is 0.149. The molecule has 2 aliphatic rings. The molecule has 3 rings (SSSR count). The number of carbonyl (C=O) groups excluding carboxylic acids is 2. The molecule has 26 heavy (non-hydrogen) atoms. The summed E-state index contributed by atoms with van der Waals surface area (Å²) in [5, 5.41) is 2.71. The zero-order chi connectivity index (χ0) is 18.5. The van der Waals surface area contributed by atoms with Crippen LogP contribution in [0.15, 0.2) is 58.1 Å². The Labute approximate surface area is 151 Å². The Morgan fingerprint density at radius 3 is 2.92 bits per heavy atom. The van der Waals surface area contributed by atoms with Crippen LogP contribution in [0.1, 0.15) is 12.5 Å². The molecule has 1 unspecified atom stereocenters. The fourth-order valence-corrected chi connectivity index (χ4v) is 2.60. The van der Waals surface area contributed by atoms with Crippen LogP contribution in [0.3, 0.4) is 0 Å². The summed E-state index contributed by atoms with van der Waals surface area (Å²) in [6, 6.07) is 7.33. The van der Waals surface area contributed by atoms with Crippen molar-refractivity contribution in [3.05, 3.63) is 53.6 Å². The fraction of sp³-hybridized carbons (Fsp3) is 0.263. The molecule has 1 atom stereocenters. The van der Waals surface area contributed by atoms with E-state index in [1.165, 1.54) is 0 Å². The molecule has 0 saturated heterocycles. The Morgan fingerprint density at radius 1 is 1.31 bits per heavy atom. The van der Waals surface area contributed by atoms with Gasteiger partial charge < -0.3 is 14.8 Å². The first-order chi connectivity index (χ1) is 12.6. The lowest BCUT2D eigenvalue weighted by Crippen LogP contribution is -2.34. The van der Waals surface area contributed by atoms with Crippen molar-refractivity contribution in [2.45, 2.75) is 19.6 Å². The fourth-order valence-electron chi connectivity index (χ4n) is 2.60. The Balaban J connectivity index is 1.68. The van der Waals surface area contributed by atoms with Crippen LogP contribution in [0.2, 0.25) is 0 Å². The number of carbonyl (C=O) groups is 2. The van der Waals surface area contributed by atoms with Crippen LogP contribution in [0.4, 0.5) is 0 Å². The van der Waals surface area contributed by atoms with Gasteiger partial charge in [0.05, 0.1) is 24.5 Å². The van der Waals surface area contributed by atoms with Crippen molar-refractivity contribution < 1.29 is 19.1 Å². The number of methoxy groups -OCH3 is 1. The van der Waals surface area contributed by atoms with Crippen LogP contribution in [0.5, 0.6) is 5.75 Å². The number of nitrogens with one attached hydrogen (secondary N) is 1. The zero-order valence-electron chi connectivity index (χ0n) is 14.6. The van der Waals surface area contributed by atoms with Crippen molar-refractivity contribution >= 4 is 23.4 Å². The molecule has 1 aromatic carbocycles. The number of rotatable bonds is 6. The summed E-state index contributed by atoms with van der Waals surface area (Å²) in [5.74, 6) is -0.443. The second-order valence-corrected chi connectivity index (χ2v) is 5.63. The van der Waals surface area contributed by atoms with Crippen molar-refractivity contribution in [1.29, 1.82) is 0 Å². The van der Waals surface area contributed by atoms with Gasteiger partial charge in [0.15, 0.2) is 0 Å². The maximum atomic E-state index is 12.3. The predicted octanol–water partition coefficient (Wildman–Crippen LogP) is 1.59. The SMILES string of the molecule is CCOC1C=CC2=NC(C(=O)NCc3cccc(OC)c3)=NC(=O)C2=C1. The number of amides is 2. The van der Waals surface area contributed by atoms with E-state index in [0.717, 1.165) is 5.56 Å².